The highest BCUT2D eigenvalue weighted by Crippen LogP contribution is 2.38. The maximum Gasteiger partial charge on any atom is 0.409 e. The van der Waals surface area contributed by atoms with E-state index in [1.54, 1.807) is 23.1 Å². The fourth-order valence-corrected chi connectivity index (χ4v) is 3.00. The minimum Gasteiger partial charge on any atom is -0.449 e. The molecule has 0 N–H and O–H groups in total. The van der Waals surface area contributed by atoms with Crippen LogP contribution >= 0.6 is 23.2 Å². The summed E-state index contributed by atoms with van der Waals surface area (Å²) < 4.78 is 11.4. The van der Waals surface area contributed by atoms with E-state index in [9.17, 15) is 4.79 Å². The van der Waals surface area contributed by atoms with E-state index in [4.69, 9.17) is 32.7 Å². The van der Waals surface area contributed by atoms with Gasteiger partial charge in [-0.1, -0.05) is 49.2 Å². The second-order valence-corrected chi connectivity index (χ2v) is 7.18. The average Bonchev–Trinajstić information content (AvgIpc) is 2.99. The zero-order chi connectivity index (χ0) is 17.7. The van der Waals surface area contributed by atoms with Crippen LogP contribution in [0.1, 0.15) is 25.8 Å². The van der Waals surface area contributed by atoms with Gasteiger partial charge in [-0.25, -0.2) is 4.79 Å². The zero-order valence-corrected chi connectivity index (χ0v) is 15.6. The van der Waals surface area contributed by atoms with Crippen LogP contribution in [-0.4, -0.2) is 37.3 Å². The Morgan fingerprint density at radius 3 is 2.79 bits per heavy atom. The van der Waals surface area contributed by atoms with Crippen LogP contribution in [0.4, 0.5) is 4.79 Å². The Morgan fingerprint density at radius 1 is 1.42 bits per heavy atom. The minimum absolute atomic E-state index is 0.299. The van der Waals surface area contributed by atoms with Gasteiger partial charge in [0.1, 0.15) is 5.60 Å². The van der Waals surface area contributed by atoms with E-state index in [1.807, 2.05) is 19.9 Å². The van der Waals surface area contributed by atoms with Gasteiger partial charge in [0.2, 0.25) is 0 Å². The van der Waals surface area contributed by atoms with Gasteiger partial charge in [0, 0.05) is 13.0 Å². The van der Waals surface area contributed by atoms with E-state index < -0.39 is 5.60 Å². The number of nitrogens with zero attached hydrogens (tertiary/aromatic N) is 1. The molecule has 1 amide bonds. The van der Waals surface area contributed by atoms with Gasteiger partial charge in [-0.05, 0) is 23.6 Å². The molecule has 1 aliphatic heterocycles. The first-order valence-corrected chi connectivity index (χ1v) is 8.75. The molecule has 132 valence electrons. The second kappa shape index (κ2) is 8.24. The summed E-state index contributed by atoms with van der Waals surface area (Å²) >= 11 is 12.2. The fourth-order valence-electron chi connectivity index (χ4n) is 2.70. The average molecular weight is 372 g/mol. The highest BCUT2D eigenvalue weighted by Gasteiger charge is 2.43. The van der Waals surface area contributed by atoms with Gasteiger partial charge >= 0.3 is 6.09 Å². The minimum atomic E-state index is -0.626. The van der Waals surface area contributed by atoms with Crippen LogP contribution in [0, 0.1) is 5.92 Å². The van der Waals surface area contributed by atoms with E-state index in [0.717, 1.165) is 5.56 Å². The first-order valence-electron chi connectivity index (χ1n) is 8.00. The number of likely N-dealkylation sites (tertiary alicyclic amines) is 1. The summed E-state index contributed by atoms with van der Waals surface area (Å²) in [6, 6.07) is 5.44. The smallest absolute Gasteiger partial charge is 0.409 e. The lowest BCUT2D eigenvalue weighted by molar-refractivity contribution is -0.0274. The van der Waals surface area contributed by atoms with Crippen LogP contribution in [0.3, 0.4) is 0 Å². The van der Waals surface area contributed by atoms with Crippen molar-refractivity contribution in [2.24, 2.45) is 5.92 Å². The molecule has 0 saturated carbocycles. The van der Waals surface area contributed by atoms with Gasteiger partial charge in [-0.3, -0.25) is 0 Å². The summed E-state index contributed by atoms with van der Waals surface area (Å²) in [6.45, 7) is 9.48. The van der Waals surface area contributed by atoms with Crippen molar-refractivity contribution in [1.29, 1.82) is 0 Å². The van der Waals surface area contributed by atoms with Crippen LogP contribution in [0.25, 0.3) is 0 Å². The van der Waals surface area contributed by atoms with Gasteiger partial charge in [0.15, 0.2) is 0 Å². The van der Waals surface area contributed by atoms with Crippen LogP contribution in [-0.2, 0) is 15.1 Å². The molecule has 4 nitrogen and oxygen atoms in total. The molecule has 1 aromatic rings. The van der Waals surface area contributed by atoms with Crippen molar-refractivity contribution in [2.45, 2.75) is 25.9 Å². The van der Waals surface area contributed by atoms with Gasteiger partial charge < -0.3 is 14.4 Å². The van der Waals surface area contributed by atoms with Gasteiger partial charge in [0.05, 0.1) is 29.8 Å². The highest BCUT2D eigenvalue weighted by atomic mass is 35.5. The van der Waals surface area contributed by atoms with Gasteiger partial charge in [0.25, 0.3) is 0 Å². The van der Waals surface area contributed by atoms with E-state index in [-0.39, 0.29) is 6.09 Å². The van der Waals surface area contributed by atoms with E-state index in [0.29, 0.717) is 48.7 Å². The molecule has 6 heteroatoms. The van der Waals surface area contributed by atoms with Crippen molar-refractivity contribution in [3.05, 3.63) is 46.5 Å². The Kier molecular flexibility index (Phi) is 6.55. The SMILES string of the molecule is C=CCOC1(c2ccc(Cl)c(Cl)c2)CCN(C(=O)OCC(C)C)C1. The quantitative estimate of drug-likeness (QED) is 0.668. The largest absolute Gasteiger partial charge is 0.449 e. The Bertz CT molecular complexity index is 606. The second-order valence-electron chi connectivity index (χ2n) is 6.37. The molecule has 1 fully saturated rings. The molecule has 0 aromatic heterocycles. The molecule has 24 heavy (non-hydrogen) atoms. The third-order valence-corrected chi connectivity index (χ3v) is 4.69. The molecule has 1 unspecified atom stereocenters. The van der Waals surface area contributed by atoms with Crippen molar-refractivity contribution in [2.75, 3.05) is 26.3 Å². The maximum absolute atomic E-state index is 12.2. The summed E-state index contributed by atoms with van der Waals surface area (Å²) in [5.74, 6) is 0.299. The van der Waals surface area contributed by atoms with Crippen molar-refractivity contribution in [3.8, 4) is 0 Å². The monoisotopic (exact) mass is 371 g/mol. The Balaban J connectivity index is 2.19. The third-order valence-electron chi connectivity index (χ3n) is 3.95. The molecule has 1 atom stereocenters. The molecule has 1 aliphatic rings. The maximum atomic E-state index is 12.2. The van der Waals surface area contributed by atoms with Crippen molar-refractivity contribution < 1.29 is 14.3 Å². The van der Waals surface area contributed by atoms with Crippen LogP contribution in [0.5, 0.6) is 0 Å². The number of carbonyl (C=O) groups excluding carboxylic acids is 1. The molecule has 0 spiro atoms. The van der Waals surface area contributed by atoms with E-state index in [1.165, 1.54) is 0 Å². The number of rotatable bonds is 6. The van der Waals surface area contributed by atoms with Crippen molar-refractivity contribution in [3.63, 3.8) is 0 Å². The van der Waals surface area contributed by atoms with Gasteiger partial charge in [-0.2, -0.15) is 0 Å². The predicted octanol–water partition coefficient (Wildman–Crippen LogP) is 4.89. The van der Waals surface area contributed by atoms with Gasteiger partial charge in [-0.15, -0.1) is 6.58 Å². The number of hydrogen-bond acceptors (Lipinski definition) is 3. The van der Waals surface area contributed by atoms with Crippen LogP contribution in [0.15, 0.2) is 30.9 Å². The number of halogens is 2. The Morgan fingerprint density at radius 2 is 2.17 bits per heavy atom. The molecule has 2 rings (SSSR count). The lowest BCUT2D eigenvalue weighted by Gasteiger charge is -2.30. The molecule has 1 aromatic carbocycles. The number of hydrogen-bond donors (Lipinski definition) is 0. The predicted molar refractivity (Wildman–Crippen MR) is 96.7 cm³/mol. The van der Waals surface area contributed by atoms with Crippen LogP contribution in [0.2, 0.25) is 10.0 Å². The van der Waals surface area contributed by atoms with E-state index in [2.05, 4.69) is 6.58 Å². The molecule has 1 saturated heterocycles. The molecule has 0 aliphatic carbocycles. The summed E-state index contributed by atoms with van der Waals surface area (Å²) in [5, 5.41) is 0.960. The van der Waals surface area contributed by atoms with Crippen LogP contribution < -0.4 is 0 Å². The highest BCUT2D eigenvalue weighted by molar-refractivity contribution is 6.42. The summed E-state index contributed by atoms with van der Waals surface area (Å²) in [4.78, 5) is 13.9. The first-order chi connectivity index (χ1) is 11.4. The third kappa shape index (κ3) is 4.44. The van der Waals surface area contributed by atoms with Crippen molar-refractivity contribution in [1.82, 2.24) is 4.90 Å². The Hall–Kier alpha value is -1.23. The molecular weight excluding hydrogens is 349 g/mol. The standard InChI is InChI=1S/C18H23Cl2NO3/c1-4-9-24-18(14-5-6-15(19)16(20)10-14)7-8-21(12-18)17(22)23-11-13(2)3/h4-6,10,13H,1,7-9,11-12H2,2-3H3. The molecular formula is C18H23Cl2NO3. The summed E-state index contributed by atoms with van der Waals surface area (Å²) in [5.41, 5.74) is 0.275. The Labute approximate surface area is 153 Å². The molecule has 0 radical (unpaired) electrons. The number of amides is 1. The zero-order valence-electron chi connectivity index (χ0n) is 14.1. The molecule has 0 bridgehead atoms. The normalized spacial score (nSPS) is 20.5. The first kappa shape index (κ1) is 19.1. The number of benzene rings is 1. The lowest BCUT2D eigenvalue weighted by atomic mass is 9.92. The lowest BCUT2D eigenvalue weighted by Crippen LogP contribution is -2.37. The van der Waals surface area contributed by atoms with E-state index >= 15 is 0 Å². The number of ether oxygens (including phenoxy) is 2. The molecule has 1 heterocycles. The topological polar surface area (TPSA) is 38.8 Å². The fraction of sp³-hybridized carbons (Fsp3) is 0.500. The van der Waals surface area contributed by atoms with Crippen molar-refractivity contribution >= 4 is 29.3 Å². The summed E-state index contributed by atoms with van der Waals surface area (Å²) in [7, 11) is 0. The number of carbonyl (C=O) groups is 1. The summed E-state index contributed by atoms with van der Waals surface area (Å²) in [6.07, 6.45) is 2.04.